The number of fused-ring (bicyclic) bond motifs is 5. The van der Waals surface area contributed by atoms with Crippen molar-refractivity contribution >= 4 is 23.6 Å². The molecule has 2 saturated carbocycles. The molecule has 2 bridgehead atoms. The highest BCUT2D eigenvalue weighted by Gasteiger charge is 2.76. The van der Waals surface area contributed by atoms with Gasteiger partial charge in [0.1, 0.15) is 23.9 Å². The summed E-state index contributed by atoms with van der Waals surface area (Å²) in [5.74, 6) is -4.81. The molecule has 0 spiro atoms. The number of amides is 1. The number of Topliss-reactive ketones (excluding diaryl/α,β-unsaturated/α-hetero) is 1. The lowest BCUT2D eigenvalue weighted by Crippen LogP contribution is -2.81. The molecular weight excluding hydrogens is 662 g/mol. The second kappa shape index (κ2) is 12.9. The molecule has 1 aliphatic heterocycles. The molecule has 13 nitrogen and oxygen atoms in total. The van der Waals surface area contributed by atoms with Crippen molar-refractivity contribution in [3.8, 4) is 0 Å². The van der Waals surface area contributed by atoms with Gasteiger partial charge in [-0.05, 0) is 42.7 Å². The molecule has 3 aliphatic carbocycles. The van der Waals surface area contributed by atoms with E-state index in [9.17, 15) is 44.7 Å². The van der Waals surface area contributed by atoms with Crippen molar-refractivity contribution < 1.29 is 58.9 Å². The zero-order valence-corrected chi connectivity index (χ0v) is 29.1. The molecule has 51 heavy (non-hydrogen) atoms. The van der Waals surface area contributed by atoms with E-state index >= 15 is 0 Å². The Morgan fingerprint density at radius 3 is 2.16 bits per heavy atom. The topological polar surface area (TPSA) is 209 Å². The first kappa shape index (κ1) is 36.8. The lowest BCUT2D eigenvalue weighted by atomic mass is 9.44. The third-order valence-electron chi connectivity index (χ3n) is 12.0. The van der Waals surface area contributed by atoms with Gasteiger partial charge in [0.25, 0.3) is 5.91 Å². The van der Waals surface area contributed by atoms with Crippen LogP contribution in [0.2, 0.25) is 0 Å². The molecule has 1 amide bonds. The Bertz CT molecular complexity index is 1750. The monoisotopic (exact) mass is 707 g/mol. The summed E-state index contributed by atoms with van der Waals surface area (Å²) in [6, 6.07) is 15.3. The van der Waals surface area contributed by atoms with Crippen molar-refractivity contribution in [1.29, 1.82) is 0 Å². The van der Waals surface area contributed by atoms with Crippen LogP contribution in [0.5, 0.6) is 0 Å². The fourth-order valence-corrected chi connectivity index (χ4v) is 9.06. The molecular formula is C38H45NO12. The minimum Gasteiger partial charge on any atom is -0.456 e. The van der Waals surface area contributed by atoms with Gasteiger partial charge < -0.3 is 45.1 Å². The highest BCUT2D eigenvalue weighted by molar-refractivity contribution is 5.95. The summed E-state index contributed by atoms with van der Waals surface area (Å²) < 4.78 is 17.3. The number of nitrogens with one attached hydrogen (secondary N) is 1. The zero-order valence-electron chi connectivity index (χ0n) is 29.1. The average Bonchev–Trinajstić information content (AvgIpc) is 3.09. The Hall–Kier alpha value is -3.98. The summed E-state index contributed by atoms with van der Waals surface area (Å²) >= 11 is 0. The van der Waals surface area contributed by atoms with Crippen LogP contribution < -0.4 is 5.32 Å². The summed E-state index contributed by atoms with van der Waals surface area (Å²) in [5.41, 5.74) is -6.48. The number of hydrogen-bond acceptors (Lipinski definition) is 12. The molecule has 0 aromatic heterocycles. The minimum atomic E-state index is -2.27. The summed E-state index contributed by atoms with van der Waals surface area (Å²) in [6.45, 7) is 6.91. The van der Waals surface area contributed by atoms with E-state index in [0.29, 0.717) is 5.56 Å². The van der Waals surface area contributed by atoms with Gasteiger partial charge in [-0.25, -0.2) is 4.79 Å². The molecule has 1 unspecified atom stereocenters. The van der Waals surface area contributed by atoms with Crippen molar-refractivity contribution in [3.63, 3.8) is 0 Å². The van der Waals surface area contributed by atoms with E-state index in [4.69, 9.17) is 14.2 Å². The number of aliphatic hydroxyl groups is 5. The Kier molecular flexibility index (Phi) is 9.31. The number of hydrogen-bond donors (Lipinski definition) is 6. The van der Waals surface area contributed by atoms with Crippen molar-refractivity contribution in [2.24, 2.45) is 16.7 Å². The van der Waals surface area contributed by atoms with E-state index in [0.717, 1.165) is 6.92 Å². The predicted molar refractivity (Wildman–Crippen MR) is 179 cm³/mol. The summed E-state index contributed by atoms with van der Waals surface area (Å²) in [6.07, 6.45) is -10.1. The van der Waals surface area contributed by atoms with Crippen molar-refractivity contribution in [1.82, 2.24) is 5.32 Å². The molecule has 274 valence electrons. The van der Waals surface area contributed by atoms with Gasteiger partial charge >= 0.3 is 11.9 Å². The predicted octanol–water partition coefficient (Wildman–Crippen LogP) is 1.30. The third kappa shape index (κ3) is 5.53. The van der Waals surface area contributed by atoms with Crippen LogP contribution in [-0.4, -0.2) is 104 Å². The van der Waals surface area contributed by atoms with E-state index in [2.05, 4.69) is 5.32 Å². The summed E-state index contributed by atoms with van der Waals surface area (Å²) in [7, 11) is 0. The number of carbonyl (C=O) groups excluding carboxylic acids is 4. The summed E-state index contributed by atoms with van der Waals surface area (Å²) in [4.78, 5) is 53.9. The van der Waals surface area contributed by atoms with E-state index in [1.807, 2.05) is 0 Å². The molecule has 1 saturated heterocycles. The maximum atomic E-state index is 14.4. The third-order valence-corrected chi connectivity index (χ3v) is 12.0. The van der Waals surface area contributed by atoms with Crippen LogP contribution in [0.15, 0.2) is 71.8 Å². The Morgan fingerprint density at radius 1 is 0.980 bits per heavy atom. The Labute approximate surface area is 295 Å². The maximum Gasteiger partial charge on any atom is 0.338 e. The molecule has 4 aliphatic rings. The fourth-order valence-electron chi connectivity index (χ4n) is 9.06. The average molecular weight is 708 g/mol. The van der Waals surface area contributed by atoms with E-state index in [1.54, 1.807) is 60.7 Å². The first-order valence-electron chi connectivity index (χ1n) is 17.0. The quantitative estimate of drug-likeness (QED) is 0.178. The van der Waals surface area contributed by atoms with Crippen LogP contribution in [0, 0.1) is 16.7 Å². The van der Waals surface area contributed by atoms with Gasteiger partial charge in [-0.2, -0.15) is 0 Å². The Morgan fingerprint density at radius 2 is 1.59 bits per heavy atom. The molecule has 2 aromatic carbocycles. The van der Waals surface area contributed by atoms with Crippen LogP contribution in [0.3, 0.4) is 0 Å². The highest BCUT2D eigenvalue weighted by atomic mass is 16.6. The summed E-state index contributed by atoms with van der Waals surface area (Å²) in [5, 5.41) is 62.6. The fraction of sp³-hybridized carbons (Fsp3) is 0.526. The maximum absolute atomic E-state index is 14.4. The van der Waals surface area contributed by atoms with Crippen LogP contribution in [0.1, 0.15) is 69.4 Å². The lowest BCUT2D eigenvalue weighted by molar-refractivity contribution is -0.346. The SMILES string of the molecule is CC(=O)O[C@@]12CO[C@@H]1C[C@H](O)[C@@]1(C)C(=O)[C@H](O)C3=C(C)[C@@H](OC(=O)[C@H](O)[C@@H](NC(=O)c4ccccc4)c4ccccc4)C[C@@](O)([C@@H](O)C12)C3(C)C. The van der Waals surface area contributed by atoms with Gasteiger partial charge in [-0.1, -0.05) is 62.4 Å². The number of benzene rings is 2. The second-order valence-corrected chi connectivity index (χ2v) is 15.0. The molecule has 6 N–H and O–H groups in total. The van der Waals surface area contributed by atoms with Gasteiger partial charge in [0.05, 0.1) is 30.3 Å². The minimum absolute atomic E-state index is 0.0232. The van der Waals surface area contributed by atoms with Crippen LogP contribution in [-0.2, 0) is 28.6 Å². The van der Waals surface area contributed by atoms with Crippen LogP contribution in [0.25, 0.3) is 0 Å². The molecule has 1 heterocycles. The number of aliphatic hydroxyl groups excluding tert-OH is 4. The van der Waals surface area contributed by atoms with Crippen LogP contribution in [0.4, 0.5) is 0 Å². The van der Waals surface area contributed by atoms with Crippen molar-refractivity contribution in [3.05, 3.63) is 82.9 Å². The smallest absolute Gasteiger partial charge is 0.338 e. The number of ether oxygens (including phenoxy) is 3. The first-order valence-corrected chi connectivity index (χ1v) is 17.0. The lowest BCUT2D eigenvalue weighted by Gasteiger charge is -2.67. The highest BCUT2D eigenvalue weighted by Crippen LogP contribution is 2.63. The number of rotatable bonds is 7. The number of carbonyl (C=O) groups is 4. The van der Waals surface area contributed by atoms with Gasteiger partial charge in [-0.3, -0.25) is 14.4 Å². The molecule has 3 fully saturated rings. The van der Waals surface area contributed by atoms with Crippen molar-refractivity contribution in [2.75, 3.05) is 6.61 Å². The molecule has 6 rings (SSSR count). The van der Waals surface area contributed by atoms with Gasteiger partial charge in [0, 0.05) is 36.7 Å². The molecule has 11 atom stereocenters. The number of ketones is 1. The van der Waals surface area contributed by atoms with Gasteiger partial charge in [-0.15, -0.1) is 0 Å². The van der Waals surface area contributed by atoms with E-state index < -0.39 is 101 Å². The van der Waals surface area contributed by atoms with Gasteiger partial charge in [0.2, 0.25) is 0 Å². The molecule has 0 radical (unpaired) electrons. The van der Waals surface area contributed by atoms with E-state index in [-0.39, 0.29) is 29.7 Å². The van der Waals surface area contributed by atoms with Crippen molar-refractivity contribution in [2.45, 2.75) is 101 Å². The standard InChI is InChI=1S/C38H45NO12/c1-19-23(50-34(47)29(43)27(21-12-8-6-9-13-21)39-33(46)22-14-10-7-11-15-22)17-38(48)32(45)30-36(5,31(44)28(42)26(19)35(38,3)4)24(41)16-25-37(30,18-49-25)51-20(2)40/h6-15,23-25,27-30,32,41-43,45,48H,16-18H2,1-5H3,(H,39,46)/t23-,24-,25+,27-,28+,29+,30?,32-,36+,37-,38+/m0/s1. The second-order valence-electron chi connectivity index (χ2n) is 15.0. The normalized spacial score (nSPS) is 36.5. The Balaban J connectivity index is 1.39. The molecule has 2 aromatic rings. The first-order chi connectivity index (χ1) is 23.9. The van der Waals surface area contributed by atoms with Crippen LogP contribution >= 0.6 is 0 Å². The van der Waals surface area contributed by atoms with E-state index in [1.165, 1.54) is 27.7 Å². The molecule has 13 heteroatoms. The largest absolute Gasteiger partial charge is 0.456 e. The zero-order chi connectivity index (χ0) is 37.3. The van der Waals surface area contributed by atoms with Gasteiger partial charge in [0.15, 0.2) is 17.5 Å². The number of esters is 2.